The highest BCUT2D eigenvalue weighted by molar-refractivity contribution is 7.10. The summed E-state index contributed by atoms with van der Waals surface area (Å²) in [4.78, 5) is 22.3. The van der Waals surface area contributed by atoms with Crippen LogP contribution in [0.1, 0.15) is 20.7 Å². The van der Waals surface area contributed by atoms with Crippen molar-refractivity contribution in [2.45, 2.75) is 6.55 Å². The third kappa shape index (κ3) is 3.17. The minimum atomic E-state index is -2.38. The van der Waals surface area contributed by atoms with Gasteiger partial charge in [-0.15, -0.1) is 0 Å². The van der Waals surface area contributed by atoms with Crippen LogP contribution >= 0.6 is 0 Å². The maximum absolute atomic E-state index is 11.2. The third-order valence-electron chi connectivity index (χ3n) is 4.77. The number of carboxylic acids is 2. The molecule has 0 aliphatic heterocycles. The summed E-state index contributed by atoms with van der Waals surface area (Å²) in [5.74, 6) is -1.91. The molecule has 3 rings (SSSR count). The minimum Gasteiger partial charge on any atom is -0.478 e. The molecule has 3 aromatic rings. The van der Waals surface area contributed by atoms with Crippen molar-refractivity contribution >= 4 is 35.6 Å². The molecule has 0 unspecified atom stereocenters. The normalized spacial score (nSPS) is 11.1. The number of carboxylic acid groups (broad SMARTS) is 2. The molecule has 0 aliphatic rings. The fourth-order valence-corrected chi connectivity index (χ4v) is 6.69. The summed E-state index contributed by atoms with van der Waals surface area (Å²) in [6, 6.07) is 24.0. The predicted octanol–water partition coefficient (Wildman–Crippen LogP) is 2.18. The first-order valence-electron chi connectivity index (χ1n) is 8.16. The van der Waals surface area contributed by atoms with Crippen LogP contribution in [0.2, 0.25) is 6.55 Å². The van der Waals surface area contributed by atoms with Crippen molar-refractivity contribution in [2.75, 3.05) is 0 Å². The smallest absolute Gasteiger partial charge is 0.335 e. The van der Waals surface area contributed by atoms with E-state index in [4.69, 9.17) is 10.2 Å². The zero-order valence-corrected chi connectivity index (χ0v) is 15.2. The van der Waals surface area contributed by atoms with Gasteiger partial charge in [-0.25, -0.2) is 9.59 Å². The van der Waals surface area contributed by atoms with Crippen LogP contribution in [0.15, 0.2) is 78.9 Å². The molecule has 0 spiro atoms. The summed E-state index contributed by atoms with van der Waals surface area (Å²) in [5, 5.41) is 21.6. The molecule has 0 bridgehead atoms. The van der Waals surface area contributed by atoms with Crippen molar-refractivity contribution in [1.82, 2.24) is 0 Å². The van der Waals surface area contributed by atoms with Crippen LogP contribution in [0.25, 0.3) is 0 Å². The Morgan fingerprint density at radius 3 is 1.31 bits per heavy atom. The molecule has 0 amide bonds. The van der Waals surface area contributed by atoms with E-state index in [-0.39, 0.29) is 11.1 Å². The Bertz CT molecular complexity index is 875. The van der Waals surface area contributed by atoms with Crippen LogP contribution in [0.3, 0.4) is 0 Å². The predicted molar refractivity (Wildman–Crippen MR) is 104 cm³/mol. The summed E-state index contributed by atoms with van der Waals surface area (Å²) in [5.41, 5.74) is 0.499. The first-order chi connectivity index (χ1) is 12.4. The number of rotatable bonds is 5. The Kier molecular flexibility index (Phi) is 4.73. The second-order valence-corrected chi connectivity index (χ2v) is 10.2. The van der Waals surface area contributed by atoms with Crippen molar-refractivity contribution in [2.24, 2.45) is 0 Å². The lowest BCUT2D eigenvalue weighted by Gasteiger charge is -2.29. The van der Waals surface area contributed by atoms with Gasteiger partial charge in [-0.1, -0.05) is 61.1 Å². The Morgan fingerprint density at radius 1 is 0.615 bits per heavy atom. The van der Waals surface area contributed by atoms with E-state index in [1.807, 2.05) is 42.5 Å². The molecule has 0 radical (unpaired) electrons. The molecular formula is C21H18O4Si. The lowest BCUT2D eigenvalue weighted by molar-refractivity contribution is 0.0686. The van der Waals surface area contributed by atoms with Gasteiger partial charge in [0, 0.05) is 0 Å². The Labute approximate surface area is 152 Å². The molecule has 26 heavy (non-hydrogen) atoms. The van der Waals surface area contributed by atoms with Crippen molar-refractivity contribution in [3.8, 4) is 0 Å². The lowest BCUT2D eigenvalue weighted by Crippen LogP contribution is -2.64. The van der Waals surface area contributed by atoms with E-state index in [2.05, 4.69) is 18.7 Å². The van der Waals surface area contributed by atoms with E-state index in [0.717, 1.165) is 10.4 Å². The molecule has 0 heterocycles. The fraction of sp³-hybridized carbons (Fsp3) is 0.0476. The van der Waals surface area contributed by atoms with Gasteiger partial charge < -0.3 is 10.2 Å². The monoisotopic (exact) mass is 362 g/mol. The zero-order valence-electron chi connectivity index (χ0n) is 14.2. The van der Waals surface area contributed by atoms with Gasteiger partial charge in [0.05, 0.1) is 11.1 Å². The maximum Gasteiger partial charge on any atom is 0.335 e. The van der Waals surface area contributed by atoms with E-state index < -0.39 is 20.0 Å². The number of hydrogen-bond donors (Lipinski definition) is 2. The molecule has 0 aromatic heterocycles. The topological polar surface area (TPSA) is 74.6 Å². The minimum absolute atomic E-state index is 0.249. The molecule has 130 valence electrons. The standard InChI is InChI=1S/C21H18O4Si/c1-26(17-5-3-2-4-6-17,18-11-7-15(8-12-18)20(22)23)19-13-9-16(10-14-19)21(24)25/h2-14H,1H3,(H,22,23)(H,24,25). The van der Waals surface area contributed by atoms with E-state index in [1.165, 1.54) is 5.19 Å². The number of carbonyl (C=O) groups is 2. The molecule has 0 saturated carbocycles. The maximum atomic E-state index is 11.2. The number of aromatic carboxylic acids is 2. The van der Waals surface area contributed by atoms with E-state index in [1.54, 1.807) is 24.3 Å². The Morgan fingerprint density at radius 2 is 0.962 bits per heavy atom. The average molecular weight is 362 g/mol. The van der Waals surface area contributed by atoms with Crippen LogP contribution in [0.5, 0.6) is 0 Å². The van der Waals surface area contributed by atoms with Gasteiger partial charge in [-0.3, -0.25) is 0 Å². The highest BCUT2D eigenvalue weighted by Crippen LogP contribution is 2.10. The molecular weight excluding hydrogens is 344 g/mol. The van der Waals surface area contributed by atoms with Crippen molar-refractivity contribution in [3.63, 3.8) is 0 Å². The van der Waals surface area contributed by atoms with Crippen LogP contribution in [0.4, 0.5) is 0 Å². The third-order valence-corrected chi connectivity index (χ3v) is 9.23. The van der Waals surface area contributed by atoms with E-state index >= 15 is 0 Å². The van der Waals surface area contributed by atoms with Gasteiger partial charge in [-0.05, 0) is 39.8 Å². The van der Waals surface area contributed by atoms with Crippen molar-refractivity contribution < 1.29 is 19.8 Å². The van der Waals surface area contributed by atoms with Gasteiger partial charge in [0.15, 0.2) is 0 Å². The Balaban J connectivity index is 2.17. The largest absolute Gasteiger partial charge is 0.478 e. The van der Waals surface area contributed by atoms with Gasteiger partial charge in [0.25, 0.3) is 0 Å². The molecule has 3 aromatic carbocycles. The van der Waals surface area contributed by atoms with Gasteiger partial charge in [0.2, 0.25) is 0 Å². The van der Waals surface area contributed by atoms with Crippen molar-refractivity contribution in [1.29, 1.82) is 0 Å². The lowest BCUT2D eigenvalue weighted by atomic mass is 10.2. The van der Waals surface area contributed by atoms with Crippen LogP contribution < -0.4 is 15.6 Å². The zero-order chi connectivity index (χ0) is 18.7. The second-order valence-electron chi connectivity index (χ2n) is 6.26. The highest BCUT2D eigenvalue weighted by Gasteiger charge is 2.34. The van der Waals surface area contributed by atoms with Gasteiger partial charge >= 0.3 is 11.9 Å². The molecule has 5 heteroatoms. The second kappa shape index (κ2) is 6.97. The van der Waals surface area contributed by atoms with E-state index in [9.17, 15) is 9.59 Å². The van der Waals surface area contributed by atoms with Crippen molar-refractivity contribution in [3.05, 3.63) is 90.0 Å². The molecule has 4 nitrogen and oxygen atoms in total. The first kappa shape index (κ1) is 17.6. The average Bonchev–Trinajstić information content (AvgIpc) is 2.68. The summed E-state index contributed by atoms with van der Waals surface area (Å²) < 4.78 is 0. The van der Waals surface area contributed by atoms with Gasteiger partial charge in [0.1, 0.15) is 8.07 Å². The number of benzene rings is 3. The van der Waals surface area contributed by atoms with Crippen LogP contribution in [0, 0.1) is 0 Å². The number of hydrogen-bond acceptors (Lipinski definition) is 2. The first-order valence-corrected chi connectivity index (χ1v) is 10.7. The SMILES string of the molecule is C[Si](c1ccccc1)(c1ccc(C(=O)O)cc1)c1ccc(C(=O)O)cc1. The summed E-state index contributed by atoms with van der Waals surface area (Å²) >= 11 is 0. The summed E-state index contributed by atoms with van der Waals surface area (Å²) in [6.07, 6.45) is 0. The molecule has 0 saturated heterocycles. The quantitative estimate of drug-likeness (QED) is 0.539. The van der Waals surface area contributed by atoms with Crippen LogP contribution in [-0.4, -0.2) is 30.2 Å². The summed E-state index contributed by atoms with van der Waals surface area (Å²) in [7, 11) is -2.38. The molecule has 2 N–H and O–H groups in total. The molecule has 0 aliphatic carbocycles. The highest BCUT2D eigenvalue weighted by atomic mass is 28.3. The van der Waals surface area contributed by atoms with E-state index in [0.29, 0.717) is 0 Å². The Hall–Kier alpha value is -3.18. The molecule has 0 atom stereocenters. The van der Waals surface area contributed by atoms with Gasteiger partial charge in [-0.2, -0.15) is 0 Å². The summed E-state index contributed by atoms with van der Waals surface area (Å²) in [6.45, 7) is 2.19. The molecule has 0 fully saturated rings. The fourth-order valence-electron chi connectivity index (χ4n) is 3.16. The van der Waals surface area contributed by atoms with Crippen LogP contribution in [-0.2, 0) is 0 Å².